The third-order valence-electron chi connectivity index (χ3n) is 3.29. The summed E-state index contributed by atoms with van der Waals surface area (Å²) in [5.41, 5.74) is 1.59. The van der Waals surface area contributed by atoms with Crippen LogP contribution in [0.2, 0.25) is 5.02 Å². The highest BCUT2D eigenvalue weighted by Crippen LogP contribution is 2.24. The molecular formula is C16H14ClF3. The number of aryl methyl sites for hydroxylation is 2. The zero-order valence-corrected chi connectivity index (χ0v) is 12.0. The molecule has 0 saturated heterocycles. The van der Waals surface area contributed by atoms with E-state index in [0.717, 1.165) is 5.56 Å². The molecular weight excluding hydrogens is 285 g/mol. The molecule has 0 unspecified atom stereocenters. The summed E-state index contributed by atoms with van der Waals surface area (Å²) in [6.07, 6.45) is 0.626. The average Bonchev–Trinajstić information content (AvgIpc) is 2.34. The average molecular weight is 299 g/mol. The Morgan fingerprint density at radius 1 is 0.850 bits per heavy atom. The van der Waals surface area contributed by atoms with E-state index in [9.17, 15) is 13.2 Å². The first-order chi connectivity index (χ1) is 9.38. The van der Waals surface area contributed by atoms with E-state index in [1.54, 1.807) is 13.0 Å². The number of hydrogen-bond donors (Lipinski definition) is 0. The molecule has 20 heavy (non-hydrogen) atoms. The second-order valence-electron chi connectivity index (χ2n) is 4.89. The third-order valence-corrected chi connectivity index (χ3v) is 3.63. The predicted molar refractivity (Wildman–Crippen MR) is 74.7 cm³/mol. The van der Waals surface area contributed by atoms with Gasteiger partial charge in [0.05, 0.1) is 0 Å². The minimum atomic E-state index is -0.588. The lowest BCUT2D eigenvalue weighted by Crippen LogP contribution is -1.99. The van der Waals surface area contributed by atoms with Gasteiger partial charge in [-0.1, -0.05) is 11.6 Å². The van der Waals surface area contributed by atoms with Crippen LogP contribution < -0.4 is 0 Å². The number of hydrogen-bond acceptors (Lipinski definition) is 0. The fourth-order valence-electron chi connectivity index (χ4n) is 2.08. The van der Waals surface area contributed by atoms with Gasteiger partial charge in [-0.15, -0.1) is 0 Å². The van der Waals surface area contributed by atoms with Crippen molar-refractivity contribution in [1.29, 1.82) is 0 Å². The summed E-state index contributed by atoms with van der Waals surface area (Å²) in [5.74, 6) is -1.56. The van der Waals surface area contributed by atoms with Gasteiger partial charge in [-0.25, -0.2) is 13.2 Å². The maximum absolute atomic E-state index is 13.8. The smallest absolute Gasteiger partial charge is 0.129 e. The lowest BCUT2D eigenvalue weighted by Gasteiger charge is -2.09. The van der Waals surface area contributed by atoms with E-state index < -0.39 is 11.6 Å². The normalized spacial score (nSPS) is 10.9. The quantitative estimate of drug-likeness (QED) is 0.734. The molecule has 0 aromatic heterocycles. The highest BCUT2D eigenvalue weighted by atomic mass is 35.5. The third kappa shape index (κ3) is 3.15. The van der Waals surface area contributed by atoms with Gasteiger partial charge in [0.15, 0.2) is 0 Å². The topological polar surface area (TPSA) is 0 Å². The van der Waals surface area contributed by atoms with Crippen molar-refractivity contribution < 1.29 is 13.2 Å². The molecule has 2 aromatic carbocycles. The van der Waals surface area contributed by atoms with Crippen LogP contribution in [0, 0.1) is 31.3 Å². The summed E-state index contributed by atoms with van der Waals surface area (Å²) < 4.78 is 40.7. The lowest BCUT2D eigenvalue weighted by atomic mass is 10.0. The Kier molecular flexibility index (Phi) is 4.39. The van der Waals surface area contributed by atoms with Crippen molar-refractivity contribution in [3.05, 3.63) is 69.0 Å². The van der Waals surface area contributed by atoms with Crippen LogP contribution in [0.15, 0.2) is 24.3 Å². The molecule has 0 amide bonds. The van der Waals surface area contributed by atoms with Crippen LogP contribution in [0.4, 0.5) is 13.2 Å². The molecule has 0 aliphatic carbocycles. The Hall–Kier alpha value is -1.48. The van der Waals surface area contributed by atoms with E-state index in [1.165, 1.54) is 25.1 Å². The van der Waals surface area contributed by atoms with Crippen molar-refractivity contribution in [2.75, 3.05) is 0 Å². The second kappa shape index (κ2) is 5.88. The zero-order chi connectivity index (χ0) is 14.9. The molecule has 106 valence electrons. The van der Waals surface area contributed by atoms with E-state index in [2.05, 4.69) is 0 Å². The molecule has 0 fully saturated rings. The van der Waals surface area contributed by atoms with Crippen molar-refractivity contribution in [3.63, 3.8) is 0 Å². The second-order valence-corrected chi connectivity index (χ2v) is 5.30. The Morgan fingerprint density at radius 2 is 1.45 bits per heavy atom. The maximum atomic E-state index is 13.8. The maximum Gasteiger partial charge on any atom is 0.129 e. The monoisotopic (exact) mass is 298 g/mol. The van der Waals surface area contributed by atoms with Gasteiger partial charge in [-0.05, 0) is 62.1 Å². The molecule has 0 saturated carbocycles. The van der Waals surface area contributed by atoms with Crippen molar-refractivity contribution in [2.45, 2.75) is 26.7 Å². The summed E-state index contributed by atoms with van der Waals surface area (Å²) in [6, 6.07) is 5.63. The van der Waals surface area contributed by atoms with Gasteiger partial charge in [-0.2, -0.15) is 0 Å². The van der Waals surface area contributed by atoms with E-state index in [0.29, 0.717) is 29.0 Å². The van der Waals surface area contributed by atoms with E-state index >= 15 is 0 Å². The van der Waals surface area contributed by atoms with Gasteiger partial charge in [-0.3, -0.25) is 0 Å². The number of benzene rings is 2. The van der Waals surface area contributed by atoms with Gasteiger partial charge in [0, 0.05) is 16.1 Å². The fraction of sp³-hybridized carbons (Fsp3) is 0.250. The Balaban J connectivity index is 2.21. The van der Waals surface area contributed by atoms with Crippen molar-refractivity contribution in [1.82, 2.24) is 0 Å². The van der Waals surface area contributed by atoms with E-state index in [1.807, 2.05) is 0 Å². The molecule has 0 radical (unpaired) electrons. The van der Waals surface area contributed by atoms with Gasteiger partial charge in [0.25, 0.3) is 0 Å². The minimum Gasteiger partial charge on any atom is -0.207 e. The number of rotatable bonds is 3. The van der Waals surface area contributed by atoms with Gasteiger partial charge < -0.3 is 0 Å². The van der Waals surface area contributed by atoms with Crippen LogP contribution in [0.25, 0.3) is 0 Å². The van der Waals surface area contributed by atoms with Crippen LogP contribution in [0.5, 0.6) is 0 Å². The van der Waals surface area contributed by atoms with E-state index in [4.69, 9.17) is 11.6 Å². The first-order valence-corrected chi connectivity index (χ1v) is 6.65. The first-order valence-electron chi connectivity index (χ1n) is 6.27. The van der Waals surface area contributed by atoms with Crippen LogP contribution in [0.3, 0.4) is 0 Å². The first kappa shape index (κ1) is 14.9. The number of halogens is 4. The molecule has 4 heteroatoms. The molecule has 0 aliphatic rings. The molecule has 0 bridgehead atoms. The van der Waals surface area contributed by atoms with E-state index in [-0.39, 0.29) is 11.4 Å². The van der Waals surface area contributed by atoms with Crippen LogP contribution in [-0.2, 0) is 12.8 Å². The highest BCUT2D eigenvalue weighted by Gasteiger charge is 2.11. The summed E-state index contributed by atoms with van der Waals surface area (Å²) in [7, 11) is 0. The largest absolute Gasteiger partial charge is 0.207 e. The lowest BCUT2D eigenvalue weighted by molar-refractivity contribution is 0.563. The predicted octanol–water partition coefficient (Wildman–Crippen LogP) is 5.16. The summed E-state index contributed by atoms with van der Waals surface area (Å²) in [4.78, 5) is 0. The minimum absolute atomic E-state index is 0.00620. The van der Waals surface area contributed by atoms with Crippen molar-refractivity contribution >= 4 is 11.6 Å². The molecule has 0 heterocycles. The van der Waals surface area contributed by atoms with Gasteiger partial charge in [0.2, 0.25) is 0 Å². The summed E-state index contributed by atoms with van der Waals surface area (Å²) in [5, 5.41) is 0.343. The van der Waals surface area contributed by atoms with Crippen molar-refractivity contribution in [3.8, 4) is 0 Å². The standard InChI is InChI=1S/C16H14ClF3/c1-9-5-13(17)12(16(20)6-9)4-3-11-7-14(18)10(2)15(19)8-11/h5-8H,3-4H2,1-2H3. The molecule has 0 spiro atoms. The van der Waals surface area contributed by atoms with Crippen molar-refractivity contribution in [2.24, 2.45) is 0 Å². The Labute approximate surface area is 121 Å². The summed E-state index contributed by atoms with van der Waals surface area (Å²) in [6.45, 7) is 3.13. The molecule has 0 N–H and O–H groups in total. The van der Waals surface area contributed by atoms with Crippen LogP contribution in [-0.4, -0.2) is 0 Å². The molecule has 2 rings (SSSR count). The van der Waals surface area contributed by atoms with Gasteiger partial charge in [0.1, 0.15) is 17.5 Å². The zero-order valence-electron chi connectivity index (χ0n) is 11.2. The SMILES string of the molecule is Cc1cc(F)c(CCc2cc(F)c(C)c(F)c2)c(Cl)c1. The fourth-order valence-corrected chi connectivity index (χ4v) is 2.44. The van der Waals surface area contributed by atoms with Crippen LogP contribution in [0.1, 0.15) is 22.3 Å². The summed E-state index contributed by atoms with van der Waals surface area (Å²) >= 11 is 6.00. The highest BCUT2D eigenvalue weighted by molar-refractivity contribution is 6.31. The molecule has 0 nitrogen and oxygen atoms in total. The van der Waals surface area contributed by atoms with Crippen LogP contribution >= 0.6 is 11.6 Å². The Morgan fingerprint density at radius 3 is 2.00 bits per heavy atom. The Bertz CT molecular complexity index is 604. The molecule has 2 aromatic rings. The van der Waals surface area contributed by atoms with Gasteiger partial charge >= 0.3 is 0 Å². The molecule has 0 atom stereocenters. The molecule has 0 aliphatic heterocycles.